The van der Waals surface area contributed by atoms with Gasteiger partial charge in [0.25, 0.3) is 0 Å². The highest BCUT2D eigenvalue weighted by atomic mass is 14.8. The van der Waals surface area contributed by atoms with Crippen molar-refractivity contribution in [3.05, 3.63) is 61.3 Å². The van der Waals surface area contributed by atoms with Gasteiger partial charge in [-0.3, -0.25) is 4.98 Å². The molecule has 0 saturated carbocycles. The number of rotatable bonds is 0. The second-order valence-electron chi connectivity index (χ2n) is 2.96. The average molecular weight is 197 g/mol. The topological polar surface area (TPSA) is 41.6 Å². The Morgan fingerprint density at radius 1 is 0.933 bits per heavy atom. The van der Waals surface area contributed by atoms with Crippen LogP contribution >= 0.6 is 0 Å². The van der Waals surface area contributed by atoms with E-state index in [4.69, 9.17) is 0 Å². The lowest BCUT2D eigenvalue weighted by Crippen LogP contribution is -1.73. The normalized spacial score (nSPS) is 9.33. The molecule has 74 valence electrons. The Balaban J connectivity index is 0.000000144. The van der Waals surface area contributed by atoms with Gasteiger partial charge in [0.15, 0.2) is 0 Å². The van der Waals surface area contributed by atoms with Crippen LogP contribution in [-0.4, -0.2) is 15.0 Å². The predicted molar refractivity (Wildman–Crippen MR) is 60.3 cm³/mol. The quantitative estimate of drug-likeness (QED) is 0.602. The maximum Gasteiger partial charge on any atom is 0.0919 e. The minimum atomic E-state index is 1.06. The van der Waals surface area contributed by atoms with Gasteiger partial charge in [-0.1, -0.05) is 24.3 Å². The Bertz CT molecular complexity index is 420. The summed E-state index contributed by atoms with van der Waals surface area (Å²) in [6.07, 6.45) is 6.89. The summed E-state index contributed by atoms with van der Waals surface area (Å²) in [5.41, 5.74) is 1.06. The molecule has 1 N–H and O–H groups in total. The molecule has 0 aliphatic rings. The van der Waals surface area contributed by atoms with Crippen molar-refractivity contribution in [3.63, 3.8) is 0 Å². The summed E-state index contributed by atoms with van der Waals surface area (Å²) in [5, 5.41) is 1.20. The molecule has 0 spiro atoms. The van der Waals surface area contributed by atoms with E-state index in [-0.39, 0.29) is 0 Å². The maximum atomic E-state index is 4.18. The van der Waals surface area contributed by atoms with Crippen LogP contribution in [0.3, 0.4) is 0 Å². The summed E-state index contributed by atoms with van der Waals surface area (Å²) in [4.78, 5) is 10.6. The molecular weight excluding hydrogens is 186 g/mol. The summed E-state index contributed by atoms with van der Waals surface area (Å²) < 4.78 is 0. The highest BCUT2D eigenvalue weighted by Crippen LogP contribution is 2.07. The number of para-hydroxylation sites is 1. The van der Waals surface area contributed by atoms with Gasteiger partial charge in [-0.15, -0.1) is 0 Å². The van der Waals surface area contributed by atoms with Gasteiger partial charge in [-0.2, -0.15) is 0 Å². The number of H-pyrrole nitrogens is 1. The highest BCUT2D eigenvalue weighted by Gasteiger charge is 1.86. The van der Waals surface area contributed by atoms with Crippen LogP contribution in [0.15, 0.2) is 61.3 Å². The second-order valence-corrected chi connectivity index (χ2v) is 2.96. The number of fused-ring (bicyclic) bond motifs is 1. The van der Waals surface area contributed by atoms with E-state index in [0.717, 1.165) is 5.52 Å². The SMILES string of the molecule is c1c[nH]cn1.c1ccc2ncccc2c1. The van der Waals surface area contributed by atoms with Crippen LogP contribution in [-0.2, 0) is 0 Å². The molecule has 0 atom stereocenters. The fraction of sp³-hybridized carbons (Fsp3) is 0. The first-order valence-corrected chi connectivity index (χ1v) is 4.69. The number of nitrogens with zero attached hydrogens (tertiary/aromatic N) is 2. The molecule has 0 saturated heterocycles. The van der Waals surface area contributed by atoms with Gasteiger partial charge in [-0.25, -0.2) is 4.98 Å². The van der Waals surface area contributed by atoms with Gasteiger partial charge in [-0.05, 0) is 12.1 Å². The number of hydrogen-bond donors (Lipinski definition) is 1. The molecule has 2 heterocycles. The van der Waals surface area contributed by atoms with E-state index in [1.807, 2.05) is 30.5 Å². The van der Waals surface area contributed by atoms with E-state index in [2.05, 4.69) is 27.1 Å². The summed E-state index contributed by atoms with van der Waals surface area (Å²) in [6, 6.07) is 12.1. The number of imidazole rings is 1. The lowest BCUT2D eigenvalue weighted by atomic mass is 10.2. The summed E-state index contributed by atoms with van der Waals surface area (Å²) >= 11 is 0. The van der Waals surface area contributed by atoms with Crippen molar-refractivity contribution in [3.8, 4) is 0 Å². The van der Waals surface area contributed by atoms with Crippen LogP contribution in [0.5, 0.6) is 0 Å². The number of aromatic nitrogens is 3. The van der Waals surface area contributed by atoms with Crippen LogP contribution in [0, 0.1) is 0 Å². The van der Waals surface area contributed by atoms with Crippen molar-refractivity contribution < 1.29 is 0 Å². The fourth-order valence-electron chi connectivity index (χ4n) is 1.23. The second kappa shape index (κ2) is 4.91. The zero-order chi connectivity index (χ0) is 10.3. The Morgan fingerprint density at radius 3 is 2.47 bits per heavy atom. The van der Waals surface area contributed by atoms with Gasteiger partial charge < -0.3 is 4.98 Å². The fourth-order valence-corrected chi connectivity index (χ4v) is 1.23. The molecule has 0 aliphatic carbocycles. The molecule has 0 bridgehead atoms. The largest absolute Gasteiger partial charge is 0.351 e. The maximum absolute atomic E-state index is 4.18. The lowest BCUT2D eigenvalue weighted by molar-refractivity contribution is 1.31. The zero-order valence-corrected chi connectivity index (χ0v) is 8.17. The molecule has 15 heavy (non-hydrogen) atoms. The van der Waals surface area contributed by atoms with E-state index in [1.54, 1.807) is 18.7 Å². The van der Waals surface area contributed by atoms with Gasteiger partial charge >= 0.3 is 0 Å². The zero-order valence-electron chi connectivity index (χ0n) is 8.17. The monoisotopic (exact) mass is 197 g/mol. The molecule has 1 aromatic carbocycles. The predicted octanol–water partition coefficient (Wildman–Crippen LogP) is 2.64. The van der Waals surface area contributed by atoms with Gasteiger partial charge in [0.1, 0.15) is 0 Å². The van der Waals surface area contributed by atoms with E-state index >= 15 is 0 Å². The number of pyridine rings is 1. The molecule has 3 nitrogen and oxygen atoms in total. The first kappa shape index (κ1) is 9.40. The molecule has 3 aromatic rings. The molecule has 0 fully saturated rings. The summed E-state index contributed by atoms with van der Waals surface area (Å²) in [7, 11) is 0. The average Bonchev–Trinajstić information content (AvgIpc) is 2.88. The van der Waals surface area contributed by atoms with E-state index in [9.17, 15) is 0 Å². The van der Waals surface area contributed by atoms with Crippen molar-refractivity contribution in [1.29, 1.82) is 0 Å². The minimum absolute atomic E-state index is 1.06. The molecule has 3 rings (SSSR count). The third kappa shape index (κ3) is 2.64. The van der Waals surface area contributed by atoms with Crippen molar-refractivity contribution in [2.24, 2.45) is 0 Å². The molecule has 3 heteroatoms. The van der Waals surface area contributed by atoms with Crippen LogP contribution in [0.1, 0.15) is 0 Å². The van der Waals surface area contributed by atoms with Crippen LogP contribution in [0.2, 0.25) is 0 Å². The molecule has 2 aromatic heterocycles. The molecule has 0 aliphatic heterocycles. The number of benzene rings is 1. The van der Waals surface area contributed by atoms with Crippen molar-refractivity contribution in [2.75, 3.05) is 0 Å². The molecule has 0 amide bonds. The Morgan fingerprint density at radius 2 is 1.80 bits per heavy atom. The van der Waals surface area contributed by atoms with E-state index in [0.29, 0.717) is 0 Å². The smallest absolute Gasteiger partial charge is 0.0919 e. The van der Waals surface area contributed by atoms with Crippen molar-refractivity contribution >= 4 is 10.9 Å². The molecule has 0 radical (unpaired) electrons. The highest BCUT2D eigenvalue weighted by molar-refractivity contribution is 5.77. The number of nitrogens with one attached hydrogen (secondary N) is 1. The van der Waals surface area contributed by atoms with E-state index in [1.165, 1.54) is 5.39 Å². The third-order valence-electron chi connectivity index (χ3n) is 1.92. The molecular formula is C12H11N3. The number of aromatic amines is 1. The van der Waals surface area contributed by atoms with Crippen molar-refractivity contribution in [1.82, 2.24) is 15.0 Å². The minimum Gasteiger partial charge on any atom is -0.351 e. The Labute approximate surface area is 87.8 Å². The summed E-state index contributed by atoms with van der Waals surface area (Å²) in [6.45, 7) is 0. The molecule has 0 unspecified atom stereocenters. The Kier molecular flexibility index (Phi) is 3.07. The van der Waals surface area contributed by atoms with Gasteiger partial charge in [0, 0.05) is 24.0 Å². The Hall–Kier alpha value is -2.16. The van der Waals surface area contributed by atoms with Crippen LogP contribution < -0.4 is 0 Å². The standard InChI is InChI=1S/C9H7N.C3H4N2/c1-2-6-9-8(4-1)5-3-7-10-9;1-2-5-3-4-1/h1-7H;1-3H,(H,4,5). The first-order chi connectivity index (χ1) is 7.47. The van der Waals surface area contributed by atoms with Crippen LogP contribution in [0.4, 0.5) is 0 Å². The van der Waals surface area contributed by atoms with Crippen molar-refractivity contribution in [2.45, 2.75) is 0 Å². The van der Waals surface area contributed by atoms with Crippen LogP contribution in [0.25, 0.3) is 10.9 Å². The third-order valence-corrected chi connectivity index (χ3v) is 1.92. The first-order valence-electron chi connectivity index (χ1n) is 4.69. The van der Waals surface area contributed by atoms with E-state index < -0.39 is 0 Å². The lowest BCUT2D eigenvalue weighted by Gasteiger charge is -1.91. The summed E-state index contributed by atoms with van der Waals surface area (Å²) in [5.74, 6) is 0. The number of hydrogen-bond acceptors (Lipinski definition) is 2. The van der Waals surface area contributed by atoms with Gasteiger partial charge in [0.05, 0.1) is 11.8 Å². The van der Waals surface area contributed by atoms with Gasteiger partial charge in [0.2, 0.25) is 0 Å².